The van der Waals surface area contributed by atoms with E-state index >= 15 is 0 Å². The van der Waals surface area contributed by atoms with Crippen LogP contribution >= 0.6 is 0 Å². The third-order valence-corrected chi connectivity index (χ3v) is 6.85. The molecule has 3 aromatic carbocycles. The first kappa shape index (κ1) is 23.7. The molecular formula is C30H31N3O3. The maximum absolute atomic E-state index is 12.8. The topological polar surface area (TPSA) is 74.4 Å². The third-order valence-electron chi connectivity index (χ3n) is 6.85. The summed E-state index contributed by atoms with van der Waals surface area (Å²) in [5, 5.41) is 4.16. The van der Waals surface area contributed by atoms with Gasteiger partial charge in [-0.1, -0.05) is 30.3 Å². The summed E-state index contributed by atoms with van der Waals surface area (Å²) in [5.41, 5.74) is 5.88. The minimum absolute atomic E-state index is 0.0164. The number of aromatic amines is 1. The number of carbonyl (C=O) groups is 2. The Morgan fingerprint density at radius 3 is 2.53 bits per heavy atom. The zero-order chi connectivity index (χ0) is 24.9. The van der Waals surface area contributed by atoms with Gasteiger partial charge in [-0.25, -0.2) is 0 Å². The molecule has 1 aliphatic heterocycles. The number of para-hydroxylation sites is 1. The maximum Gasteiger partial charge on any atom is 0.253 e. The van der Waals surface area contributed by atoms with Gasteiger partial charge in [0.25, 0.3) is 5.91 Å². The highest BCUT2D eigenvalue weighted by molar-refractivity contribution is 5.94. The van der Waals surface area contributed by atoms with Crippen LogP contribution in [0.25, 0.3) is 22.2 Å². The number of ether oxygens (including phenoxy) is 1. The van der Waals surface area contributed by atoms with E-state index < -0.39 is 0 Å². The lowest BCUT2D eigenvalue weighted by molar-refractivity contribution is -0.121. The summed E-state index contributed by atoms with van der Waals surface area (Å²) in [6.07, 6.45) is 3.12. The largest absolute Gasteiger partial charge is 0.497 e. The van der Waals surface area contributed by atoms with Crippen LogP contribution in [0.4, 0.5) is 0 Å². The minimum Gasteiger partial charge on any atom is -0.497 e. The second kappa shape index (κ2) is 10.7. The molecule has 0 radical (unpaired) electrons. The highest BCUT2D eigenvalue weighted by Crippen LogP contribution is 2.32. The van der Waals surface area contributed by atoms with Crippen LogP contribution in [0.1, 0.15) is 40.7 Å². The molecule has 2 N–H and O–H groups in total. The average Bonchev–Trinajstić information content (AvgIpc) is 3.59. The van der Waals surface area contributed by atoms with E-state index in [-0.39, 0.29) is 11.8 Å². The van der Waals surface area contributed by atoms with E-state index in [9.17, 15) is 9.59 Å². The van der Waals surface area contributed by atoms with E-state index in [2.05, 4.69) is 22.4 Å². The van der Waals surface area contributed by atoms with Gasteiger partial charge in [-0.3, -0.25) is 9.59 Å². The lowest BCUT2D eigenvalue weighted by Crippen LogP contribution is -2.28. The summed E-state index contributed by atoms with van der Waals surface area (Å²) in [4.78, 5) is 30.9. The highest BCUT2D eigenvalue weighted by atomic mass is 16.5. The van der Waals surface area contributed by atoms with Crippen LogP contribution < -0.4 is 10.1 Å². The van der Waals surface area contributed by atoms with Crippen LogP contribution in [-0.4, -0.2) is 41.9 Å². The monoisotopic (exact) mass is 481 g/mol. The number of likely N-dealkylation sites (tertiary alicyclic amines) is 1. The van der Waals surface area contributed by atoms with Gasteiger partial charge in [0.15, 0.2) is 0 Å². The van der Waals surface area contributed by atoms with Gasteiger partial charge >= 0.3 is 0 Å². The lowest BCUT2D eigenvalue weighted by atomic mass is 10.0. The van der Waals surface area contributed by atoms with Crippen LogP contribution in [0.15, 0.2) is 72.8 Å². The number of aromatic nitrogens is 1. The van der Waals surface area contributed by atoms with Crippen molar-refractivity contribution < 1.29 is 14.3 Å². The van der Waals surface area contributed by atoms with E-state index in [1.54, 1.807) is 7.11 Å². The van der Waals surface area contributed by atoms with Crippen LogP contribution in [-0.2, 0) is 17.8 Å². The first-order valence-electron chi connectivity index (χ1n) is 12.5. The minimum atomic E-state index is -0.0164. The predicted molar refractivity (Wildman–Crippen MR) is 142 cm³/mol. The highest BCUT2D eigenvalue weighted by Gasteiger charge is 2.19. The zero-order valence-corrected chi connectivity index (χ0v) is 20.5. The summed E-state index contributed by atoms with van der Waals surface area (Å²) in [6.45, 7) is 2.05. The first-order chi connectivity index (χ1) is 17.6. The SMILES string of the molecule is COc1ccc(-c2[nH]c3ccccc3c2CCC(=O)NCc2cccc(C(=O)N3CCCC3)c2)cc1. The van der Waals surface area contributed by atoms with E-state index in [1.807, 2.05) is 65.6 Å². The fourth-order valence-corrected chi connectivity index (χ4v) is 4.91. The smallest absolute Gasteiger partial charge is 0.253 e. The maximum atomic E-state index is 12.8. The van der Waals surface area contributed by atoms with Crippen molar-refractivity contribution in [1.29, 1.82) is 0 Å². The van der Waals surface area contributed by atoms with Gasteiger partial charge in [-0.05, 0) is 78.4 Å². The van der Waals surface area contributed by atoms with E-state index in [0.717, 1.165) is 65.0 Å². The summed E-state index contributed by atoms with van der Waals surface area (Å²) in [6, 6.07) is 23.7. The molecule has 0 spiro atoms. The molecular weight excluding hydrogens is 450 g/mol. The zero-order valence-electron chi connectivity index (χ0n) is 20.5. The molecule has 0 bridgehead atoms. The molecule has 6 nitrogen and oxygen atoms in total. The number of nitrogens with zero attached hydrogens (tertiary/aromatic N) is 1. The number of carbonyl (C=O) groups excluding carboxylic acids is 2. The number of hydrogen-bond acceptors (Lipinski definition) is 3. The molecule has 6 heteroatoms. The van der Waals surface area contributed by atoms with Crippen molar-refractivity contribution >= 4 is 22.7 Å². The van der Waals surface area contributed by atoms with Crippen molar-refractivity contribution in [1.82, 2.24) is 15.2 Å². The molecule has 1 aliphatic rings. The second-order valence-corrected chi connectivity index (χ2v) is 9.23. The van der Waals surface area contributed by atoms with Crippen LogP contribution in [0, 0.1) is 0 Å². The molecule has 1 fully saturated rings. The number of benzene rings is 3. The van der Waals surface area contributed by atoms with Gasteiger partial charge in [-0.15, -0.1) is 0 Å². The van der Waals surface area contributed by atoms with E-state index in [0.29, 0.717) is 24.9 Å². The fraction of sp³-hybridized carbons (Fsp3) is 0.267. The van der Waals surface area contributed by atoms with Crippen molar-refractivity contribution in [3.63, 3.8) is 0 Å². The van der Waals surface area contributed by atoms with E-state index in [1.165, 1.54) is 0 Å². The normalized spacial score (nSPS) is 13.2. The lowest BCUT2D eigenvalue weighted by Gasteiger charge is -2.15. The molecule has 0 atom stereocenters. The number of hydrogen-bond donors (Lipinski definition) is 2. The van der Waals surface area contributed by atoms with Crippen molar-refractivity contribution in [2.24, 2.45) is 0 Å². The number of amides is 2. The molecule has 0 aliphatic carbocycles. The van der Waals surface area contributed by atoms with Gasteiger partial charge in [-0.2, -0.15) is 0 Å². The predicted octanol–water partition coefficient (Wildman–Crippen LogP) is 5.33. The standard InChI is InChI=1S/C30H31N3O3/c1-36-24-13-11-22(12-14-24)29-26(25-9-2-3-10-27(25)32-29)15-16-28(34)31-20-21-7-6-8-23(19-21)30(35)33-17-4-5-18-33/h2-3,6-14,19,32H,4-5,15-18,20H2,1H3,(H,31,34). The van der Waals surface area contributed by atoms with Crippen molar-refractivity contribution in [2.75, 3.05) is 20.2 Å². The van der Waals surface area contributed by atoms with Crippen molar-refractivity contribution in [3.8, 4) is 17.0 Å². The molecule has 0 saturated carbocycles. The number of H-pyrrole nitrogens is 1. The molecule has 2 amide bonds. The number of fused-ring (bicyclic) bond motifs is 1. The van der Waals surface area contributed by atoms with Gasteiger partial charge in [0.2, 0.25) is 5.91 Å². The van der Waals surface area contributed by atoms with Crippen LogP contribution in [0.2, 0.25) is 0 Å². The molecule has 184 valence electrons. The van der Waals surface area contributed by atoms with E-state index in [4.69, 9.17) is 4.74 Å². The fourth-order valence-electron chi connectivity index (χ4n) is 4.91. The molecule has 4 aromatic rings. The quantitative estimate of drug-likeness (QED) is 0.357. The summed E-state index contributed by atoms with van der Waals surface area (Å²) >= 11 is 0. The third kappa shape index (κ3) is 5.13. The Hall–Kier alpha value is -4.06. The summed E-state index contributed by atoms with van der Waals surface area (Å²) in [7, 11) is 1.66. The first-order valence-corrected chi connectivity index (χ1v) is 12.5. The van der Waals surface area contributed by atoms with Gasteiger partial charge in [0.05, 0.1) is 7.11 Å². The molecule has 1 saturated heterocycles. The molecule has 5 rings (SSSR count). The number of nitrogens with one attached hydrogen (secondary N) is 2. The Morgan fingerprint density at radius 1 is 0.972 bits per heavy atom. The van der Waals surface area contributed by atoms with Gasteiger partial charge in [0.1, 0.15) is 5.75 Å². The van der Waals surface area contributed by atoms with Crippen LogP contribution in [0.3, 0.4) is 0 Å². The number of aryl methyl sites for hydroxylation is 1. The Balaban J connectivity index is 1.25. The Kier molecular flexibility index (Phi) is 7.03. The molecule has 36 heavy (non-hydrogen) atoms. The Bertz CT molecular complexity index is 1370. The van der Waals surface area contributed by atoms with Gasteiger partial charge in [0, 0.05) is 48.2 Å². The number of methoxy groups -OCH3 is 1. The molecule has 1 aromatic heterocycles. The van der Waals surface area contributed by atoms with Crippen molar-refractivity contribution in [3.05, 3.63) is 89.5 Å². The summed E-state index contributed by atoms with van der Waals surface area (Å²) < 4.78 is 5.30. The summed E-state index contributed by atoms with van der Waals surface area (Å²) in [5.74, 6) is 0.866. The molecule has 2 heterocycles. The number of rotatable bonds is 8. The van der Waals surface area contributed by atoms with Crippen molar-refractivity contribution in [2.45, 2.75) is 32.2 Å². The Morgan fingerprint density at radius 2 is 1.75 bits per heavy atom. The molecule has 0 unspecified atom stereocenters. The second-order valence-electron chi connectivity index (χ2n) is 9.23. The Labute approximate surface area is 211 Å². The average molecular weight is 482 g/mol. The van der Waals surface area contributed by atoms with Crippen LogP contribution in [0.5, 0.6) is 5.75 Å². The van der Waals surface area contributed by atoms with Gasteiger partial charge < -0.3 is 19.9 Å².